The van der Waals surface area contributed by atoms with Crippen molar-refractivity contribution in [2.75, 3.05) is 0 Å². The molecule has 1 aromatic carbocycles. The molecule has 0 unspecified atom stereocenters. The van der Waals surface area contributed by atoms with Crippen LogP contribution in [0.15, 0.2) is 24.3 Å². The smallest absolute Gasteiger partial charge is 0.391 e. The summed E-state index contributed by atoms with van der Waals surface area (Å²) >= 11 is 0. The maximum atomic E-state index is 8.79. The van der Waals surface area contributed by atoms with Crippen LogP contribution >= 0.6 is 8.60 Å². The molecular formula is C10H15O3P. The molecular weight excluding hydrogens is 199 g/mol. The van der Waals surface area contributed by atoms with E-state index in [9.17, 15) is 0 Å². The van der Waals surface area contributed by atoms with Gasteiger partial charge in [-0.2, -0.15) is 0 Å². The summed E-state index contributed by atoms with van der Waals surface area (Å²) in [5.41, 5.74) is 0.901. The number of rotatable bonds is 2. The summed E-state index contributed by atoms with van der Waals surface area (Å²) in [6.07, 6.45) is 0. The molecule has 4 heteroatoms. The van der Waals surface area contributed by atoms with Gasteiger partial charge < -0.3 is 14.3 Å². The van der Waals surface area contributed by atoms with Crippen LogP contribution in [0.4, 0.5) is 0 Å². The van der Waals surface area contributed by atoms with E-state index in [0.717, 1.165) is 5.56 Å². The monoisotopic (exact) mass is 214 g/mol. The van der Waals surface area contributed by atoms with Gasteiger partial charge in [-0.1, -0.05) is 39.0 Å². The maximum absolute atomic E-state index is 8.79. The first-order valence-corrected chi connectivity index (χ1v) is 5.53. The number of benzene rings is 1. The molecule has 0 saturated carbocycles. The Bertz CT molecular complexity index is 304. The Morgan fingerprint density at radius 3 is 2.21 bits per heavy atom. The maximum Gasteiger partial charge on any atom is 0.391 e. The molecule has 14 heavy (non-hydrogen) atoms. The summed E-state index contributed by atoms with van der Waals surface area (Å²) < 4.78 is 4.95. The second-order valence-corrected chi connectivity index (χ2v) is 4.78. The van der Waals surface area contributed by atoms with Gasteiger partial charge in [0.2, 0.25) is 0 Å². The van der Waals surface area contributed by atoms with E-state index in [-0.39, 0.29) is 5.41 Å². The van der Waals surface area contributed by atoms with E-state index < -0.39 is 8.60 Å². The van der Waals surface area contributed by atoms with Crippen molar-refractivity contribution in [1.82, 2.24) is 0 Å². The van der Waals surface area contributed by atoms with Crippen molar-refractivity contribution >= 4 is 8.60 Å². The fourth-order valence-corrected chi connectivity index (χ4v) is 1.59. The van der Waals surface area contributed by atoms with Gasteiger partial charge in [-0.25, -0.2) is 0 Å². The van der Waals surface area contributed by atoms with E-state index in [1.165, 1.54) is 0 Å². The first kappa shape index (κ1) is 11.4. The molecule has 0 aromatic heterocycles. The van der Waals surface area contributed by atoms with Crippen molar-refractivity contribution in [1.29, 1.82) is 0 Å². The third kappa shape index (κ3) is 2.95. The Morgan fingerprint density at radius 1 is 1.14 bits per heavy atom. The molecule has 0 saturated heterocycles. The molecule has 3 nitrogen and oxygen atoms in total. The summed E-state index contributed by atoms with van der Waals surface area (Å²) in [6, 6.07) is 7.38. The highest BCUT2D eigenvalue weighted by Gasteiger charge is 2.19. The standard InChI is InChI=1S/C10H15O3P/c1-10(2,3)8-6-4-5-7-9(8)13-14(11)12/h4-7,11-12H,1-3H3. The Hall–Kier alpha value is -0.630. The van der Waals surface area contributed by atoms with E-state index in [4.69, 9.17) is 14.3 Å². The van der Waals surface area contributed by atoms with Crippen molar-refractivity contribution < 1.29 is 14.3 Å². The van der Waals surface area contributed by atoms with Gasteiger partial charge in [0.05, 0.1) is 0 Å². The Kier molecular flexibility index (Phi) is 3.48. The SMILES string of the molecule is CC(C)(C)c1ccccc1OP(O)O. The molecule has 0 aliphatic rings. The molecule has 1 aromatic rings. The molecule has 0 amide bonds. The van der Waals surface area contributed by atoms with E-state index >= 15 is 0 Å². The lowest BCUT2D eigenvalue weighted by atomic mass is 9.86. The van der Waals surface area contributed by atoms with Crippen LogP contribution in [-0.4, -0.2) is 9.79 Å². The van der Waals surface area contributed by atoms with Crippen LogP contribution in [0.5, 0.6) is 5.75 Å². The van der Waals surface area contributed by atoms with Crippen LogP contribution in [0.1, 0.15) is 26.3 Å². The number of hydrogen-bond donors (Lipinski definition) is 2. The summed E-state index contributed by atoms with van der Waals surface area (Å²) in [4.78, 5) is 17.6. The van der Waals surface area contributed by atoms with Gasteiger partial charge in [-0.05, 0) is 17.0 Å². The summed E-state index contributed by atoms with van der Waals surface area (Å²) in [6.45, 7) is 6.14. The molecule has 0 aliphatic heterocycles. The van der Waals surface area contributed by atoms with Crippen molar-refractivity contribution in [2.45, 2.75) is 26.2 Å². The van der Waals surface area contributed by atoms with Crippen LogP contribution in [-0.2, 0) is 5.41 Å². The molecule has 0 aliphatic carbocycles. The predicted molar refractivity (Wildman–Crippen MR) is 57.1 cm³/mol. The molecule has 0 radical (unpaired) electrons. The molecule has 0 atom stereocenters. The molecule has 0 heterocycles. The summed E-state index contributed by atoms with van der Waals surface area (Å²) in [7, 11) is -2.34. The van der Waals surface area contributed by atoms with E-state index in [0.29, 0.717) is 5.75 Å². The van der Waals surface area contributed by atoms with Crippen LogP contribution in [0.2, 0.25) is 0 Å². The fraction of sp³-hybridized carbons (Fsp3) is 0.400. The highest BCUT2D eigenvalue weighted by Crippen LogP contribution is 2.37. The zero-order valence-electron chi connectivity index (χ0n) is 8.56. The van der Waals surface area contributed by atoms with Crippen LogP contribution in [0, 0.1) is 0 Å². The average Bonchev–Trinajstić information content (AvgIpc) is 2.01. The highest BCUT2D eigenvalue weighted by molar-refractivity contribution is 7.39. The fourth-order valence-electron chi connectivity index (χ4n) is 1.25. The van der Waals surface area contributed by atoms with Crippen molar-refractivity contribution in [3.63, 3.8) is 0 Å². The van der Waals surface area contributed by atoms with E-state index in [1.54, 1.807) is 6.07 Å². The van der Waals surface area contributed by atoms with Crippen molar-refractivity contribution in [3.05, 3.63) is 29.8 Å². The summed E-state index contributed by atoms with van der Waals surface area (Å²) in [5.74, 6) is 0.538. The Morgan fingerprint density at radius 2 is 1.71 bits per heavy atom. The molecule has 1 rings (SSSR count). The van der Waals surface area contributed by atoms with Gasteiger partial charge in [0.25, 0.3) is 0 Å². The lowest BCUT2D eigenvalue weighted by molar-refractivity contribution is 0.370. The minimum atomic E-state index is -2.34. The van der Waals surface area contributed by atoms with Crippen LogP contribution in [0.25, 0.3) is 0 Å². The lowest BCUT2D eigenvalue weighted by Crippen LogP contribution is -2.12. The first-order valence-electron chi connectivity index (χ1n) is 4.36. The topological polar surface area (TPSA) is 49.7 Å². The Labute approximate surface area is 85.4 Å². The minimum absolute atomic E-state index is 0.0675. The van der Waals surface area contributed by atoms with Crippen molar-refractivity contribution in [3.8, 4) is 5.75 Å². The first-order chi connectivity index (χ1) is 6.41. The lowest BCUT2D eigenvalue weighted by Gasteiger charge is -2.22. The molecule has 0 fully saturated rings. The molecule has 2 N–H and O–H groups in total. The Balaban J connectivity index is 3.04. The second kappa shape index (κ2) is 4.26. The average molecular weight is 214 g/mol. The quantitative estimate of drug-likeness (QED) is 0.744. The van der Waals surface area contributed by atoms with Crippen LogP contribution in [0.3, 0.4) is 0 Å². The van der Waals surface area contributed by atoms with Crippen LogP contribution < -0.4 is 4.52 Å². The third-order valence-corrected chi connectivity index (χ3v) is 2.24. The number of para-hydroxylation sites is 1. The van der Waals surface area contributed by atoms with Gasteiger partial charge in [0.15, 0.2) is 0 Å². The zero-order valence-corrected chi connectivity index (χ0v) is 9.45. The predicted octanol–water partition coefficient (Wildman–Crippen LogP) is 2.57. The van der Waals surface area contributed by atoms with Gasteiger partial charge in [0, 0.05) is 0 Å². The molecule has 0 spiro atoms. The normalized spacial score (nSPS) is 11.9. The molecule has 0 bridgehead atoms. The summed E-state index contributed by atoms with van der Waals surface area (Å²) in [5, 5.41) is 0. The minimum Gasteiger partial charge on any atom is -0.427 e. The highest BCUT2D eigenvalue weighted by atomic mass is 31.2. The van der Waals surface area contributed by atoms with Crippen molar-refractivity contribution in [2.24, 2.45) is 0 Å². The van der Waals surface area contributed by atoms with E-state index in [1.807, 2.05) is 39.0 Å². The van der Waals surface area contributed by atoms with E-state index in [2.05, 4.69) is 0 Å². The molecule has 78 valence electrons. The van der Waals surface area contributed by atoms with Gasteiger partial charge in [0.1, 0.15) is 5.75 Å². The number of hydrogen-bond acceptors (Lipinski definition) is 3. The second-order valence-electron chi connectivity index (χ2n) is 4.09. The van der Waals surface area contributed by atoms with Gasteiger partial charge >= 0.3 is 8.60 Å². The van der Waals surface area contributed by atoms with Gasteiger partial charge in [-0.3, -0.25) is 0 Å². The zero-order chi connectivity index (χ0) is 10.8. The van der Waals surface area contributed by atoms with Gasteiger partial charge in [-0.15, -0.1) is 0 Å². The largest absolute Gasteiger partial charge is 0.427 e. The third-order valence-electron chi connectivity index (χ3n) is 1.88.